The Bertz CT molecular complexity index is 1280. The Morgan fingerprint density at radius 3 is 2.73 bits per heavy atom. The van der Waals surface area contributed by atoms with Gasteiger partial charge in [0.25, 0.3) is 11.5 Å². The first-order chi connectivity index (χ1) is 14.5. The lowest BCUT2D eigenvalue weighted by Gasteiger charge is -2.08. The summed E-state index contributed by atoms with van der Waals surface area (Å²) < 4.78 is 3.10. The monoisotopic (exact) mass is 441 g/mol. The van der Waals surface area contributed by atoms with Gasteiger partial charge in [0.2, 0.25) is 0 Å². The summed E-state index contributed by atoms with van der Waals surface area (Å²) in [7, 11) is 0. The van der Waals surface area contributed by atoms with E-state index in [0.29, 0.717) is 46.3 Å². The van der Waals surface area contributed by atoms with Crippen LogP contribution in [0.25, 0.3) is 11.0 Å². The molecule has 0 bridgehead atoms. The number of nitrogens with one attached hydrogen (secondary N) is 1. The average Bonchev–Trinajstić information content (AvgIpc) is 3.14. The van der Waals surface area contributed by atoms with Crippen molar-refractivity contribution in [2.45, 2.75) is 13.1 Å². The number of rotatable bonds is 6. The summed E-state index contributed by atoms with van der Waals surface area (Å²) in [6.45, 7) is 1.04. The van der Waals surface area contributed by atoms with E-state index in [0.717, 1.165) is 5.56 Å². The minimum atomic E-state index is -0.270. The van der Waals surface area contributed by atoms with Crippen LogP contribution in [0, 0.1) is 0 Å². The van der Waals surface area contributed by atoms with Crippen LogP contribution in [0.1, 0.15) is 15.9 Å². The van der Waals surface area contributed by atoms with Gasteiger partial charge in [-0.3, -0.25) is 14.2 Å². The summed E-state index contributed by atoms with van der Waals surface area (Å²) in [6, 6.07) is 14.2. The van der Waals surface area contributed by atoms with E-state index in [4.69, 9.17) is 23.2 Å². The van der Waals surface area contributed by atoms with Gasteiger partial charge < -0.3 is 5.32 Å². The lowest BCUT2D eigenvalue weighted by atomic mass is 10.2. The minimum absolute atomic E-state index is 0.189. The van der Waals surface area contributed by atoms with E-state index in [1.54, 1.807) is 35.0 Å². The largest absolute Gasteiger partial charge is 0.350 e. The van der Waals surface area contributed by atoms with E-state index in [2.05, 4.69) is 15.4 Å². The number of aromatic nitrogens is 4. The summed E-state index contributed by atoms with van der Waals surface area (Å²) in [5.74, 6) is -0.270. The van der Waals surface area contributed by atoms with Crippen LogP contribution in [0.15, 0.2) is 65.8 Å². The lowest BCUT2D eigenvalue weighted by Crippen LogP contribution is -2.28. The van der Waals surface area contributed by atoms with Crippen LogP contribution in [0.2, 0.25) is 10.0 Å². The fourth-order valence-electron chi connectivity index (χ4n) is 3.12. The zero-order valence-electron chi connectivity index (χ0n) is 15.8. The van der Waals surface area contributed by atoms with E-state index in [1.807, 2.05) is 18.2 Å². The maximum atomic E-state index is 12.8. The molecule has 0 aliphatic carbocycles. The van der Waals surface area contributed by atoms with Crippen LogP contribution in [-0.2, 0) is 13.1 Å². The molecule has 0 aliphatic heterocycles. The van der Waals surface area contributed by atoms with Crippen molar-refractivity contribution in [1.82, 2.24) is 24.6 Å². The minimum Gasteiger partial charge on any atom is -0.350 e. The highest BCUT2D eigenvalue weighted by Gasteiger charge is 2.12. The number of amides is 1. The van der Waals surface area contributed by atoms with Crippen LogP contribution in [0.5, 0.6) is 0 Å². The van der Waals surface area contributed by atoms with E-state index < -0.39 is 0 Å². The molecule has 0 unspecified atom stereocenters. The lowest BCUT2D eigenvalue weighted by molar-refractivity contribution is 0.0952. The smallest absolute Gasteiger partial charge is 0.264 e. The average molecular weight is 442 g/mol. The maximum absolute atomic E-state index is 12.8. The van der Waals surface area contributed by atoms with Crippen molar-refractivity contribution in [2.75, 3.05) is 6.54 Å². The van der Waals surface area contributed by atoms with Crippen LogP contribution in [-0.4, -0.2) is 31.8 Å². The molecule has 1 amide bonds. The Labute approximate surface area is 181 Å². The second-order valence-corrected chi connectivity index (χ2v) is 7.49. The molecule has 0 aliphatic rings. The maximum Gasteiger partial charge on any atom is 0.264 e. The molecule has 4 rings (SSSR count). The SMILES string of the molecule is O=C(NCCn1ncc2c(=O)n(Cc3cccc(Cl)c3)cnc21)c1ccccc1Cl. The van der Waals surface area contributed by atoms with Crippen LogP contribution in [0.4, 0.5) is 0 Å². The Morgan fingerprint density at radius 1 is 1.10 bits per heavy atom. The number of nitrogens with zero attached hydrogens (tertiary/aromatic N) is 4. The standard InChI is InChI=1S/C21H17Cl2N5O2/c22-15-5-3-4-14(10-15)12-27-13-25-19-17(21(27)30)11-26-28(19)9-8-24-20(29)16-6-1-2-7-18(16)23/h1-7,10-11,13H,8-9,12H2,(H,24,29). The number of benzene rings is 2. The summed E-state index contributed by atoms with van der Waals surface area (Å²) in [4.78, 5) is 29.4. The highest BCUT2D eigenvalue weighted by atomic mass is 35.5. The topological polar surface area (TPSA) is 81.8 Å². The van der Waals surface area contributed by atoms with Gasteiger partial charge in [-0.15, -0.1) is 0 Å². The summed E-state index contributed by atoms with van der Waals surface area (Å²) in [5, 5.41) is 8.46. The van der Waals surface area contributed by atoms with Crippen molar-refractivity contribution in [1.29, 1.82) is 0 Å². The van der Waals surface area contributed by atoms with Gasteiger partial charge in [-0.05, 0) is 29.8 Å². The first kappa shape index (κ1) is 20.1. The summed E-state index contributed by atoms with van der Waals surface area (Å²) >= 11 is 12.1. The molecule has 0 atom stereocenters. The molecule has 4 aromatic rings. The number of fused-ring (bicyclic) bond motifs is 1. The number of carbonyl (C=O) groups is 1. The Hall–Kier alpha value is -3.16. The third-order valence-corrected chi connectivity index (χ3v) is 5.16. The molecule has 0 radical (unpaired) electrons. The van der Waals surface area contributed by atoms with Crippen LogP contribution in [0.3, 0.4) is 0 Å². The Kier molecular flexibility index (Phi) is 5.83. The molecule has 0 saturated carbocycles. The molecule has 1 N–H and O–H groups in total. The van der Waals surface area contributed by atoms with Gasteiger partial charge in [0.05, 0.1) is 29.9 Å². The van der Waals surface area contributed by atoms with Crippen molar-refractivity contribution in [3.8, 4) is 0 Å². The Morgan fingerprint density at radius 2 is 1.93 bits per heavy atom. The number of hydrogen-bond acceptors (Lipinski definition) is 4. The van der Waals surface area contributed by atoms with E-state index in [9.17, 15) is 9.59 Å². The molecule has 0 fully saturated rings. The second-order valence-electron chi connectivity index (χ2n) is 6.65. The van der Waals surface area contributed by atoms with Gasteiger partial charge in [0.1, 0.15) is 11.7 Å². The fraction of sp³-hybridized carbons (Fsp3) is 0.143. The van der Waals surface area contributed by atoms with E-state index in [1.165, 1.54) is 17.1 Å². The molecule has 2 aromatic heterocycles. The highest BCUT2D eigenvalue weighted by molar-refractivity contribution is 6.33. The second kappa shape index (κ2) is 8.69. The third-order valence-electron chi connectivity index (χ3n) is 4.59. The summed E-state index contributed by atoms with van der Waals surface area (Å²) in [5.41, 5.74) is 1.59. The normalized spacial score (nSPS) is 11.0. The molecular weight excluding hydrogens is 425 g/mol. The number of halogens is 2. The Balaban J connectivity index is 1.47. The number of carbonyl (C=O) groups excluding carboxylic acids is 1. The first-order valence-electron chi connectivity index (χ1n) is 9.21. The molecule has 2 heterocycles. The fourth-order valence-corrected chi connectivity index (χ4v) is 3.56. The van der Waals surface area contributed by atoms with Crippen molar-refractivity contribution < 1.29 is 4.79 Å². The van der Waals surface area contributed by atoms with Gasteiger partial charge in [-0.25, -0.2) is 9.67 Å². The van der Waals surface area contributed by atoms with Crippen molar-refractivity contribution in [2.24, 2.45) is 0 Å². The summed E-state index contributed by atoms with van der Waals surface area (Å²) in [6.07, 6.45) is 2.99. The number of hydrogen-bond donors (Lipinski definition) is 1. The van der Waals surface area contributed by atoms with E-state index in [-0.39, 0.29) is 11.5 Å². The molecule has 9 heteroatoms. The quantitative estimate of drug-likeness (QED) is 0.497. The zero-order valence-corrected chi connectivity index (χ0v) is 17.3. The molecule has 2 aromatic carbocycles. The third kappa shape index (κ3) is 4.22. The zero-order chi connectivity index (χ0) is 21.1. The predicted molar refractivity (Wildman–Crippen MR) is 116 cm³/mol. The molecule has 152 valence electrons. The van der Waals surface area contributed by atoms with Crippen molar-refractivity contribution >= 4 is 40.1 Å². The van der Waals surface area contributed by atoms with E-state index >= 15 is 0 Å². The predicted octanol–water partition coefficient (Wildman–Crippen LogP) is 3.38. The first-order valence-corrected chi connectivity index (χ1v) is 9.96. The van der Waals surface area contributed by atoms with Gasteiger partial charge in [0.15, 0.2) is 5.65 Å². The van der Waals surface area contributed by atoms with Crippen LogP contribution >= 0.6 is 23.2 Å². The van der Waals surface area contributed by atoms with Gasteiger partial charge in [-0.1, -0.05) is 47.5 Å². The highest BCUT2D eigenvalue weighted by Crippen LogP contribution is 2.15. The molecule has 0 saturated heterocycles. The molecular formula is C21H17Cl2N5O2. The molecule has 7 nitrogen and oxygen atoms in total. The van der Waals surface area contributed by atoms with Gasteiger partial charge >= 0.3 is 0 Å². The van der Waals surface area contributed by atoms with Gasteiger partial charge in [-0.2, -0.15) is 5.10 Å². The molecule has 30 heavy (non-hydrogen) atoms. The van der Waals surface area contributed by atoms with Crippen LogP contribution < -0.4 is 10.9 Å². The van der Waals surface area contributed by atoms with Gasteiger partial charge in [0, 0.05) is 11.6 Å². The molecule has 0 spiro atoms. The van der Waals surface area contributed by atoms with Crippen molar-refractivity contribution in [3.05, 3.63) is 92.6 Å². The van der Waals surface area contributed by atoms with Crippen molar-refractivity contribution in [3.63, 3.8) is 0 Å².